The molecule has 86 valence electrons. The number of hydrogen-bond donors (Lipinski definition) is 1. The highest BCUT2D eigenvalue weighted by atomic mass is 16.1. The van der Waals surface area contributed by atoms with Crippen LogP contribution in [-0.4, -0.2) is 14.6 Å². The first kappa shape index (κ1) is 10.9. The summed E-state index contributed by atoms with van der Waals surface area (Å²) in [6.45, 7) is 6.01. The summed E-state index contributed by atoms with van der Waals surface area (Å²) in [5.74, 6) is 0. The summed E-state index contributed by atoms with van der Waals surface area (Å²) in [4.78, 5) is 14.5. The Bertz CT molecular complexity index is 565. The number of rotatable bonds is 3. The van der Waals surface area contributed by atoms with Crippen LogP contribution in [0.4, 0.5) is 0 Å². The highest BCUT2D eigenvalue weighted by molar-refractivity contribution is 5.42. The fourth-order valence-electron chi connectivity index (χ4n) is 2.02. The average Bonchev–Trinajstić information content (AvgIpc) is 2.62. The highest BCUT2D eigenvalue weighted by Gasteiger charge is 2.09. The lowest BCUT2D eigenvalue weighted by atomic mass is 10.2. The molecule has 2 heterocycles. The molecule has 0 aliphatic carbocycles. The van der Waals surface area contributed by atoms with Gasteiger partial charge in [-0.1, -0.05) is 20.3 Å². The summed E-state index contributed by atoms with van der Waals surface area (Å²) < 4.78 is 1.86. The molecule has 2 rings (SSSR count). The normalized spacial score (nSPS) is 11.2. The standard InChI is InChI=1S/C12H17N3O/c1-4-6-9-7-11-13-12(16)8(3)10(5-2)15(11)14-9/h7H,4-6H2,1-3H3,(H,13,16). The molecule has 0 aromatic carbocycles. The van der Waals surface area contributed by atoms with Gasteiger partial charge in [0.1, 0.15) is 5.65 Å². The van der Waals surface area contributed by atoms with E-state index in [1.165, 1.54) is 0 Å². The Morgan fingerprint density at radius 1 is 1.44 bits per heavy atom. The minimum absolute atomic E-state index is 0.00713. The van der Waals surface area contributed by atoms with Gasteiger partial charge in [0, 0.05) is 11.6 Å². The maximum absolute atomic E-state index is 11.7. The molecule has 0 fully saturated rings. The van der Waals surface area contributed by atoms with Crippen molar-refractivity contribution in [2.45, 2.75) is 40.0 Å². The Morgan fingerprint density at radius 2 is 2.19 bits per heavy atom. The van der Waals surface area contributed by atoms with Gasteiger partial charge in [-0.05, 0) is 19.8 Å². The van der Waals surface area contributed by atoms with Crippen molar-refractivity contribution in [3.05, 3.63) is 33.4 Å². The van der Waals surface area contributed by atoms with E-state index in [1.807, 2.05) is 24.4 Å². The molecule has 0 spiro atoms. The largest absolute Gasteiger partial charge is 0.307 e. The van der Waals surface area contributed by atoms with E-state index < -0.39 is 0 Å². The smallest absolute Gasteiger partial charge is 0.254 e. The molecule has 0 amide bonds. The summed E-state index contributed by atoms with van der Waals surface area (Å²) in [5.41, 5.74) is 3.60. The van der Waals surface area contributed by atoms with E-state index in [4.69, 9.17) is 0 Å². The van der Waals surface area contributed by atoms with E-state index in [2.05, 4.69) is 17.0 Å². The molecule has 2 aromatic heterocycles. The summed E-state index contributed by atoms with van der Waals surface area (Å²) in [6, 6.07) is 1.96. The van der Waals surface area contributed by atoms with Gasteiger partial charge < -0.3 is 4.98 Å². The lowest BCUT2D eigenvalue weighted by molar-refractivity contribution is 0.786. The lowest BCUT2D eigenvalue weighted by Gasteiger charge is -2.04. The minimum atomic E-state index is -0.00713. The summed E-state index contributed by atoms with van der Waals surface area (Å²) >= 11 is 0. The maximum Gasteiger partial charge on any atom is 0.254 e. The Balaban J connectivity index is 2.71. The molecule has 0 radical (unpaired) electrons. The van der Waals surface area contributed by atoms with Crippen molar-refractivity contribution in [1.29, 1.82) is 0 Å². The van der Waals surface area contributed by atoms with Crippen molar-refractivity contribution in [3.63, 3.8) is 0 Å². The molecule has 2 aromatic rings. The second kappa shape index (κ2) is 4.12. The molecular weight excluding hydrogens is 202 g/mol. The third-order valence-corrected chi connectivity index (χ3v) is 2.87. The number of nitrogens with zero attached hydrogens (tertiary/aromatic N) is 2. The van der Waals surface area contributed by atoms with Crippen LogP contribution in [0, 0.1) is 6.92 Å². The van der Waals surface area contributed by atoms with E-state index in [0.29, 0.717) is 0 Å². The fourth-order valence-corrected chi connectivity index (χ4v) is 2.02. The van der Waals surface area contributed by atoms with Crippen LogP contribution in [0.15, 0.2) is 10.9 Å². The van der Waals surface area contributed by atoms with E-state index in [9.17, 15) is 4.79 Å². The molecular formula is C12H17N3O. The number of fused-ring (bicyclic) bond motifs is 1. The number of nitrogens with one attached hydrogen (secondary N) is 1. The van der Waals surface area contributed by atoms with Crippen LogP contribution in [0.25, 0.3) is 5.65 Å². The molecule has 0 atom stereocenters. The molecule has 1 N–H and O–H groups in total. The first-order chi connectivity index (χ1) is 7.67. The van der Waals surface area contributed by atoms with Gasteiger partial charge in [0.25, 0.3) is 5.56 Å². The molecule has 4 heteroatoms. The van der Waals surface area contributed by atoms with E-state index in [1.54, 1.807) is 0 Å². The van der Waals surface area contributed by atoms with Gasteiger partial charge in [-0.2, -0.15) is 5.10 Å². The average molecular weight is 219 g/mol. The number of aryl methyl sites for hydroxylation is 2. The van der Waals surface area contributed by atoms with Crippen molar-refractivity contribution >= 4 is 5.65 Å². The zero-order chi connectivity index (χ0) is 11.7. The number of aromatic nitrogens is 3. The van der Waals surface area contributed by atoms with Gasteiger partial charge in [-0.15, -0.1) is 0 Å². The zero-order valence-electron chi connectivity index (χ0n) is 10.0. The minimum Gasteiger partial charge on any atom is -0.307 e. The third kappa shape index (κ3) is 1.64. The van der Waals surface area contributed by atoms with Gasteiger partial charge in [0.05, 0.1) is 11.4 Å². The Morgan fingerprint density at radius 3 is 2.81 bits per heavy atom. The van der Waals surface area contributed by atoms with Crippen LogP contribution in [-0.2, 0) is 12.8 Å². The summed E-state index contributed by atoms with van der Waals surface area (Å²) in [7, 11) is 0. The quantitative estimate of drug-likeness (QED) is 0.856. The molecule has 0 aliphatic heterocycles. The van der Waals surface area contributed by atoms with E-state index in [0.717, 1.165) is 41.9 Å². The Kier molecular flexibility index (Phi) is 2.81. The van der Waals surface area contributed by atoms with Crippen molar-refractivity contribution < 1.29 is 0 Å². The molecule has 0 saturated carbocycles. The maximum atomic E-state index is 11.7. The predicted molar refractivity (Wildman–Crippen MR) is 63.9 cm³/mol. The first-order valence-electron chi connectivity index (χ1n) is 5.77. The Hall–Kier alpha value is -1.58. The fraction of sp³-hybridized carbons (Fsp3) is 0.500. The first-order valence-corrected chi connectivity index (χ1v) is 5.77. The van der Waals surface area contributed by atoms with Gasteiger partial charge in [-0.25, -0.2) is 4.52 Å². The molecule has 4 nitrogen and oxygen atoms in total. The number of H-pyrrole nitrogens is 1. The topological polar surface area (TPSA) is 50.2 Å². The monoisotopic (exact) mass is 219 g/mol. The van der Waals surface area contributed by atoms with Crippen molar-refractivity contribution in [2.24, 2.45) is 0 Å². The summed E-state index contributed by atoms with van der Waals surface area (Å²) in [6.07, 6.45) is 2.83. The van der Waals surface area contributed by atoms with Crippen LogP contribution in [0.2, 0.25) is 0 Å². The van der Waals surface area contributed by atoms with Crippen molar-refractivity contribution in [3.8, 4) is 0 Å². The van der Waals surface area contributed by atoms with Gasteiger partial charge >= 0.3 is 0 Å². The van der Waals surface area contributed by atoms with Gasteiger partial charge in [-0.3, -0.25) is 4.79 Å². The highest BCUT2D eigenvalue weighted by Crippen LogP contribution is 2.10. The molecule has 0 aliphatic rings. The van der Waals surface area contributed by atoms with Crippen molar-refractivity contribution in [1.82, 2.24) is 14.6 Å². The van der Waals surface area contributed by atoms with Gasteiger partial charge in [0.2, 0.25) is 0 Å². The molecule has 0 unspecified atom stereocenters. The van der Waals surface area contributed by atoms with Crippen LogP contribution in [0.1, 0.15) is 37.2 Å². The molecule has 16 heavy (non-hydrogen) atoms. The zero-order valence-corrected chi connectivity index (χ0v) is 10.0. The lowest BCUT2D eigenvalue weighted by Crippen LogP contribution is -2.16. The second-order valence-corrected chi connectivity index (χ2v) is 4.06. The van der Waals surface area contributed by atoms with Gasteiger partial charge in [0.15, 0.2) is 0 Å². The molecule has 0 saturated heterocycles. The third-order valence-electron chi connectivity index (χ3n) is 2.87. The second-order valence-electron chi connectivity index (χ2n) is 4.06. The Labute approximate surface area is 94.3 Å². The van der Waals surface area contributed by atoms with Crippen LogP contribution in [0.3, 0.4) is 0 Å². The van der Waals surface area contributed by atoms with E-state index >= 15 is 0 Å². The van der Waals surface area contributed by atoms with Crippen molar-refractivity contribution in [2.75, 3.05) is 0 Å². The predicted octanol–water partition coefficient (Wildman–Crippen LogP) is 1.85. The van der Waals surface area contributed by atoms with Crippen LogP contribution in [0.5, 0.6) is 0 Å². The van der Waals surface area contributed by atoms with Crippen LogP contribution < -0.4 is 5.56 Å². The molecule has 0 bridgehead atoms. The summed E-state index contributed by atoms with van der Waals surface area (Å²) in [5, 5.41) is 4.52. The SMILES string of the molecule is CCCc1cc2[nH]c(=O)c(C)c(CC)n2n1. The number of hydrogen-bond acceptors (Lipinski definition) is 2. The number of aromatic amines is 1. The van der Waals surface area contributed by atoms with Crippen LogP contribution >= 0.6 is 0 Å². The van der Waals surface area contributed by atoms with E-state index in [-0.39, 0.29) is 5.56 Å².